The fraction of sp³-hybridized carbons (Fsp3) is 0.400. The van der Waals surface area contributed by atoms with Gasteiger partial charge in [0.05, 0.1) is 6.61 Å². The monoisotopic (exact) mass is 230 g/mol. The Kier molecular flexibility index (Phi) is 4.73. The molecule has 1 aromatic carbocycles. The minimum absolute atomic E-state index is 0.485. The highest BCUT2D eigenvalue weighted by molar-refractivity contribution is 8.58. The minimum Gasteiger partial charge on any atom is -0.318 e. The molecule has 1 rings (SSSR count). The molecule has 4 heteroatoms. The van der Waals surface area contributed by atoms with E-state index < -0.39 is 6.57 Å². The standard InChI is InChI=1S/C10H15O2PS/c1-3-12-13(11,14-4-2)10-8-6-5-7-9-10/h5-9H,3-4H2,1-2H3/t13-/m1/s1. The average molecular weight is 230 g/mol. The van der Waals surface area contributed by atoms with Gasteiger partial charge in [-0.1, -0.05) is 36.5 Å². The molecule has 0 spiro atoms. The van der Waals surface area contributed by atoms with Crippen LogP contribution in [-0.4, -0.2) is 12.4 Å². The molecule has 0 bridgehead atoms. The highest BCUT2D eigenvalue weighted by Crippen LogP contribution is 2.58. The van der Waals surface area contributed by atoms with Crippen LogP contribution >= 0.6 is 18.0 Å². The molecule has 0 fully saturated rings. The van der Waals surface area contributed by atoms with Crippen molar-refractivity contribution >= 4 is 23.3 Å². The number of rotatable bonds is 5. The van der Waals surface area contributed by atoms with E-state index in [2.05, 4.69) is 0 Å². The summed E-state index contributed by atoms with van der Waals surface area (Å²) in [6.07, 6.45) is 0. The lowest BCUT2D eigenvalue weighted by molar-refractivity contribution is 0.353. The SMILES string of the molecule is CCO[P@@](=O)(SCC)c1ccccc1. The van der Waals surface area contributed by atoms with Crippen molar-refractivity contribution in [2.24, 2.45) is 0 Å². The first kappa shape index (κ1) is 11.8. The molecule has 0 amide bonds. The third kappa shape index (κ3) is 2.88. The van der Waals surface area contributed by atoms with Crippen LogP contribution in [0.4, 0.5) is 0 Å². The third-order valence-electron chi connectivity index (χ3n) is 1.67. The minimum atomic E-state index is -2.66. The summed E-state index contributed by atoms with van der Waals surface area (Å²) >= 11 is 1.39. The molecule has 0 aliphatic rings. The van der Waals surface area contributed by atoms with Crippen molar-refractivity contribution in [1.29, 1.82) is 0 Å². The van der Waals surface area contributed by atoms with Gasteiger partial charge >= 0.3 is 0 Å². The van der Waals surface area contributed by atoms with Crippen molar-refractivity contribution in [3.63, 3.8) is 0 Å². The number of hydrogen-bond donors (Lipinski definition) is 0. The van der Waals surface area contributed by atoms with Gasteiger partial charge in [-0.2, -0.15) is 0 Å². The lowest BCUT2D eigenvalue weighted by atomic mass is 10.4. The molecule has 0 unspecified atom stereocenters. The maximum Gasteiger partial charge on any atom is 0.287 e. The molecule has 0 radical (unpaired) electrons. The van der Waals surface area contributed by atoms with E-state index in [9.17, 15) is 4.57 Å². The first-order chi connectivity index (χ1) is 6.73. The summed E-state index contributed by atoms with van der Waals surface area (Å²) in [6.45, 7) is 1.68. The van der Waals surface area contributed by atoms with Crippen LogP contribution in [0.3, 0.4) is 0 Å². The maximum atomic E-state index is 12.4. The Morgan fingerprint density at radius 3 is 2.43 bits per heavy atom. The van der Waals surface area contributed by atoms with E-state index in [1.807, 2.05) is 44.2 Å². The predicted octanol–water partition coefficient (Wildman–Crippen LogP) is 3.29. The van der Waals surface area contributed by atoms with Crippen LogP contribution in [0.15, 0.2) is 30.3 Å². The van der Waals surface area contributed by atoms with Gasteiger partial charge in [-0.25, -0.2) is 0 Å². The van der Waals surface area contributed by atoms with E-state index in [1.165, 1.54) is 11.4 Å². The zero-order valence-electron chi connectivity index (χ0n) is 8.47. The van der Waals surface area contributed by atoms with E-state index in [4.69, 9.17) is 4.52 Å². The molecule has 0 aromatic heterocycles. The van der Waals surface area contributed by atoms with E-state index in [0.29, 0.717) is 6.61 Å². The molecule has 0 aliphatic heterocycles. The van der Waals surface area contributed by atoms with Gasteiger partial charge < -0.3 is 4.52 Å². The summed E-state index contributed by atoms with van der Waals surface area (Å²) in [5, 5.41) is 0.800. The van der Waals surface area contributed by atoms with Gasteiger partial charge in [0.1, 0.15) is 0 Å². The molecule has 0 N–H and O–H groups in total. The van der Waals surface area contributed by atoms with Gasteiger partial charge in [0, 0.05) is 5.30 Å². The summed E-state index contributed by atoms with van der Waals surface area (Å²) < 4.78 is 17.7. The van der Waals surface area contributed by atoms with Gasteiger partial charge in [-0.15, -0.1) is 0 Å². The molecule has 0 heterocycles. The summed E-state index contributed by atoms with van der Waals surface area (Å²) in [6, 6.07) is 9.41. The number of hydrogen-bond acceptors (Lipinski definition) is 3. The molecule has 2 nitrogen and oxygen atoms in total. The average Bonchev–Trinajstić information content (AvgIpc) is 2.20. The Bertz CT molecular complexity index is 303. The van der Waals surface area contributed by atoms with Crippen LogP contribution < -0.4 is 5.30 Å². The predicted molar refractivity (Wildman–Crippen MR) is 63.4 cm³/mol. The lowest BCUT2D eigenvalue weighted by Crippen LogP contribution is -2.04. The zero-order valence-corrected chi connectivity index (χ0v) is 10.2. The maximum absolute atomic E-state index is 12.4. The van der Waals surface area contributed by atoms with E-state index in [-0.39, 0.29) is 0 Å². The van der Waals surface area contributed by atoms with Crippen molar-refractivity contribution in [2.75, 3.05) is 12.4 Å². The molecule has 0 aliphatic carbocycles. The van der Waals surface area contributed by atoms with Crippen molar-refractivity contribution in [3.05, 3.63) is 30.3 Å². The highest BCUT2D eigenvalue weighted by atomic mass is 32.7. The second-order valence-corrected chi connectivity index (χ2v) is 7.49. The van der Waals surface area contributed by atoms with Crippen LogP contribution in [0.25, 0.3) is 0 Å². The second kappa shape index (κ2) is 5.59. The largest absolute Gasteiger partial charge is 0.318 e. The first-order valence-corrected chi connectivity index (χ1v) is 7.89. The molecular weight excluding hydrogens is 215 g/mol. The van der Waals surface area contributed by atoms with Crippen LogP contribution in [0.2, 0.25) is 0 Å². The summed E-state index contributed by atoms with van der Waals surface area (Å²) in [4.78, 5) is 0. The van der Waals surface area contributed by atoms with Crippen molar-refractivity contribution in [1.82, 2.24) is 0 Å². The summed E-state index contributed by atoms with van der Waals surface area (Å²) in [5.41, 5.74) is 0. The molecule has 1 atom stereocenters. The second-order valence-electron chi connectivity index (χ2n) is 2.67. The quantitative estimate of drug-likeness (QED) is 0.726. The lowest BCUT2D eigenvalue weighted by Gasteiger charge is -2.15. The Hall–Kier alpha value is -0.240. The van der Waals surface area contributed by atoms with Crippen LogP contribution in [0.5, 0.6) is 0 Å². The van der Waals surface area contributed by atoms with E-state index >= 15 is 0 Å². The normalized spacial score (nSPS) is 15.0. The zero-order chi connectivity index (χ0) is 10.4. The summed E-state index contributed by atoms with van der Waals surface area (Å²) in [5.74, 6) is 0.798. The Morgan fingerprint density at radius 2 is 1.93 bits per heavy atom. The molecule has 1 aromatic rings. The molecule has 78 valence electrons. The van der Waals surface area contributed by atoms with Crippen molar-refractivity contribution in [3.8, 4) is 0 Å². The summed E-state index contributed by atoms with van der Waals surface area (Å²) in [7, 11) is 0. The van der Waals surface area contributed by atoms with Gasteiger partial charge in [0.25, 0.3) is 6.57 Å². The van der Waals surface area contributed by atoms with Crippen LogP contribution in [0.1, 0.15) is 13.8 Å². The Balaban J connectivity index is 2.94. The molecular formula is C10H15O2PS. The van der Waals surface area contributed by atoms with Crippen molar-refractivity contribution < 1.29 is 9.09 Å². The van der Waals surface area contributed by atoms with Gasteiger partial charge in [0.2, 0.25) is 0 Å². The van der Waals surface area contributed by atoms with Gasteiger partial charge in [0.15, 0.2) is 0 Å². The molecule has 14 heavy (non-hydrogen) atoms. The highest BCUT2D eigenvalue weighted by Gasteiger charge is 2.24. The van der Waals surface area contributed by atoms with E-state index in [0.717, 1.165) is 11.1 Å². The fourth-order valence-electron chi connectivity index (χ4n) is 1.14. The Morgan fingerprint density at radius 1 is 1.29 bits per heavy atom. The molecule has 0 saturated carbocycles. The smallest absolute Gasteiger partial charge is 0.287 e. The van der Waals surface area contributed by atoms with E-state index in [1.54, 1.807) is 0 Å². The van der Waals surface area contributed by atoms with Gasteiger partial charge in [-0.05, 0) is 24.8 Å². The number of benzene rings is 1. The third-order valence-corrected chi connectivity index (χ3v) is 6.54. The van der Waals surface area contributed by atoms with Crippen molar-refractivity contribution in [2.45, 2.75) is 13.8 Å². The first-order valence-electron chi connectivity index (χ1n) is 4.67. The fourth-order valence-corrected chi connectivity index (χ4v) is 5.10. The van der Waals surface area contributed by atoms with Gasteiger partial charge in [-0.3, -0.25) is 4.57 Å². The van der Waals surface area contributed by atoms with Crippen LogP contribution in [-0.2, 0) is 9.09 Å². The Labute approximate surface area is 89.3 Å². The topological polar surface area (TPSA) is 26.3 Å². The van der Waals surface area contributed by atoms with Crippen LogP contribution in [0, 0.1) is 0 Å². The molecule has 0 saturated heterocycles.